The zero-order chi connectivity index (χ0) is 25.8. The molecule has 0 atom stereocenters. The average molecular weight is 496 g/mol. The first kappa shape index (κ1) is 30.0. The van der Waals surface area contributed by atoms with Crippen LogP contribution in [0.15, 0.2) is 43.0 Å². The zero-order valence-electron chi connectivity index (χ0n) is 22.9. The number of amidine groups is 1. The summed E-state index contributed by atoms with van der Waals surface area (Å²) in [5, 5.41) is 9.48. The van der Waals surface area contributed by atoms with E-state index in [2.05, 4.69) is 59.4 Å². The van der Waals surface area contributed by atoms with E-state index in [1.165, 1.54) is 76.2 Å². The van der Waals surface area contributed by atoms with Crippen LogP contribution in [0.2, 0.25) is 0 Å². The summed E-state index contributed by atoms with van der Waals surface area (Å²) < 4.78 is 2.19. The molecule has 0 bridgehead atoms. The predicted molar refractivity (Wildman–Crippen MR) is 153 cm³/mol. The van der Waals surface area contributed by atoms with Crippen molar-refractivity contribution in [3.8, 4) is 0 Å². The SMILES string of the molecule is C=Cc1ccc(C[N+]2=C(C(=O)CCCCCCC/C=C\CCCCCCCC)N(CCO)CC2)cc1. The summed E-state index contributed by atoms with van der Waals surface area (Å²) in [5.74, 6) is 1.02. The van der Waals surface area contributed by atoms with Gasteiger partial charge in [-0.05, 0) is 43.2 Å². The number of benzene rings is 1. The number of aliphatic hydroxyl groups is 1. The van der Waals surface area contributed by atoms with Gasteiger partial charge in [-0.25, -0.2) is 0 Å². The largest absolute Gasteiger partial charge is 0.392 e. The van der Waals surface area contributed by atoms with E-state index in [1.807, 2.05) is 6.08 Å². The van der Waals surface area contributed by atoms with Gasteiger partial charge in [-0.1, -0.05) is 107 Å². The molecule has 1 aromatic rings. The molecule has 0 unspecified atom stereocenters. The first-order chi connectivity index (χ1) is 17.7. The lowest BCUT2D eigenvalue weighted by molar-refractivity contribution is -0.533. The van der Waals surface area contributed by atoms with Crippen LogP contribution < -0.4 is 0 Å². The molecule has 0 aromatic heterocycles. The Morgan fingerprint density at radius 3 is 2.17 bits per heavy atom. The number of hydrogen-bond acceptors (Lipinski definition) is 3. The number of rotatable bonds is 21. The molecule has 1 N–H and O–H groups in total. The third-order valence-corrected chi connectivity index (χ3v) is 7.11. The second kappa shape index (κ2) is 19.0. The maximum atomic E-state index is 13.1. The minimum Gasteiger partial charge on any atom is -0.392 e. The number of carbonyl (C=O) groups is 1. The van der Waals surface area contributed by atoms with Crippen molar-refractivity contribution in [2.75, 3.05) is 26.2 Å². The molecule has 0 amide bonds. The van der Waals surface area contributed by atoms with E-state index in [0.717, 1.165) is 43.9 Å². The second-order valence-electron chi connectivity index (χ2n) is 10.2. The lowest BCUT2D eigenvalue weighted by Gasteiger charge is -2.12. The highest BCUT2D eigenvalue weighted by atomic mass is 16.3. The van der Waals surface area contributed by atoms with Crippen LogP contribution in [0.5, 0.6) is 0 Å². The van der Waals surface area contributed by atoms with E-state index in [4.69, 9.17) is 0 Å². The molecule has 200 valence electrons. The highest BCUT2D eigenvalue weighted by Gasteiger charge is 2.35. The lowest BCUT2D eigenvalue weighted by Crippen LogP contribution is -2.38. The molecule has 4 nitrogen and oxygen atoms in total. The predicted octanol–water partition coefficient (Wildman–Crippen LogP) is 7.16. The standard InChI is InChI=1S/C32H51N2O2/c1-3-5-6-7-8-9-10-11-12-13-14-15-16-17-18-19-31(36)32-33(26-27-35)24-25-34(32)28-30-22-20-29(4-2)21-23-30/h4,11-12,20-23,35H,2-3,5-10,13-19,24-28H2,1H3/q+1/b12-11-. The van der Waals surface area contributed by atoms with Crippen molar-refractivity contribution in [2.24, 2.45) is 0 Å². The molecule has 0 fully saturated rings. The Kier molecular flexibility index (Phi) is 15.8. The Hall–Kier alpha value is -2.20. The maximum Gasteiger partial charge on any atom is 0.316 e. The number of carbonyl (C=O) groups excluding carboxylic acids is 1. The van der Waals surface area contributed by atoms with Crippen molar-refractivity contribution in [1.82, 2.24) is 4.90 Å². The van der Waals surface area contributed by atoms with Crippen molar-refractivity contribution in [3.63, 3.8) is 0 Å². The number of β-amino-alcohol motifs (C(OH)–C–C–N with tert-alkyl or cyclic N) is 1. The number of hydrogen-bond donors (Lipinski definition) is 1. The number of aliphatic hydroxyl groups excluding tert-OH is 1. The summed E-state index contributed by atoms with van der Waals surface area (Å²) in [4.78, 5) is 15.2. The molecule has 0 aliphatic carbocycles. The van der Waals surface area contributed by atoms with Crippen LogP contribution in [-0.4, -0.2) is 52.4 Å². The lowest BCUT2D eigenvalue weighted by atomic mass is 10.1. The van der Waals surface area contributed by atoms with Crippen LogP contribution in [0, 0.1) is 0 Å². The Labute approximate surface area is 220 Å². The van der Waals surface area contributed by atoms with Crippen molar-refractivity contribution in [1.29, 1.82) is 0 Å². The van der Waals surface area contributed by atoms with E-state index in [9.17, 15) is 9.90 Å². The van der Waals surface area contributed by atoms with Gasteiger partial charge in [0.1, 0.15) is 26.2 Å². The highest BCUT2D eigenvalue weighted by molar-refractivity contribution is 6.36. The topological polar surface area (TPSA) is 43.5 Å². The minimum atomic E-state index is 0.0755. The fraction of sp³-hybridized carbons (Fsp3) is 0.625. The van der Waals surface area contributed by atoms with Crippen molar-refractivity contribution in [2.45, 2.75) is 103 Å². The van der Waals surface area contributed by atoms with Gasteiger partial charge in [0.25, 0.3) is 0 Å². The monoisotopic (exact) mass is 495 g/mol. The fourth-order valence-electron chi connectivity index (χ4n) is 4.95. The Morgan fingerprint density at radius 1 is 0.944 bits per heavy atom. The van der Waals surface area contributed by atoms with Crippen LogP contribution in [-0.2, 0) is 11.3 Å². The first-order valence-corrected chi connectivity index (χ1v) is 14.6. The Bertz CT molecular complexity index is 810. The number of unbranched alkanes of at least 4 members (excludes halogenated alkanes) is 11. The summed E-state index contributed by atoms with van der Waals surface area (Å²) in [6.45, 7) is 9.05. The summed E-state index contributed by atoms with van der Waals surface area (Å²) in [5.41, 5.74) is 2.30. The van der Waals surface area contributed by atoms with E-state index in [0.29, 0.717) is 13.0 Å². The van der Waals surface area contributed by atoms with E-state index in [-0.39, 0.29) is 12.4 Å². The first-order valence-electron chi connectivity index (χ1n) is 14.6. The van der Waals surface area contributed by atoms with Gasteiger partial charge in [0.15, 0.2) is 0 Å². The molecule has 0 radical (unpaired) electrons. The molecule has 1 aliphatic heterocycles. The van der Waals surface area contributed by atoms with Gasteiger partial charge in [-0.2, -0.15) is 0 Å². The normalized spacial score (nSPS) is 13.8. The summed E-state index contributed by atoms with van der Waals surface area (Å²) >= 11 is 0. The Morgan fingerprint density at radius 2 is 1.56 bits per heavy atom. The second-order valence-corrected chi connectivity index (χ2v) is 10.2. The zero-order valence-corrected chi connectivity index (χ0v) is 22.9. The van der Waals surface area contributed by atoms with Crippen LogP contribution in [0.3, 0.4) is 0 Å². The summed E-state index contributed by atoms with van der Waals surface area (Å²) in [6.07, 6.45) is 23.6. The average Bonchev–Trinajstić information content (AvgIpc) is 3.29. The Balaban J connectivity index is 1.65. The van der Waals surface area contributed by atoms with Crippen LogP contribution in [0.25, 0.3) is 6.08 Å². The molecular formula is C32H51N2O2+. The molecule has 36 heavy (non-hydrogen) atoms. The molecule has 0 saturated carbocycles. The van der Waals surface area contributed by atoms with Crippen LogP contribution in [0.4, 0.5) is 0 Å². The van der Waals surface area contributed by atoms with E-state index >= 15 is 0 Å². The molecular weight excluding hydrogens is 444 g/mol. The molecule has 1 heterocycles. The molecule has 4 heteroatoms. The number of ketones is 1. The molecule has 0 saturated heterocycles. The van der Waals surface area contributed by atoms with Gasteiger partial charge in [0, 0.05) is 6.42 Å². The fourth-order valence-corrected chi connectivity index (χ4v) is 4.95. The third-order valence-electron chi connectivity index (χ3n) is 7.11. The number of nitrogens with zero attached hydrogens (tertiary/aromatic N) is 2. The summed E-state index contributed by atoms with van der Waals surface area (Å²) in [7, 11) is 0. The van der Waals surface area contributed by atoms with Crippen molar-refractivity contribution < 1.29 is 14.5 Å². The number of Topliss-reactive ketones (excluding diaryl/α,β-unsaturated/α-hetero) is 1. The quantitative estimate of drug-likeness (QED) is 0.112. The summed E-state index contributed by atoms with van der Waals surface area (Å²) in [6, 6.07) is 8.35. The van der Waals surface area contributed by atoms with Gasteiger partial charge < -0.3 is 5.11 Å². The molecule has 2 rings (SSSR count). The third kappa shape index (κ3) is 11.7. The molecule has 1 aromatic carbocycles. The van der Waals surface area contributed by atoms with Crippen LogP contribution >= 0.6 is 0 Å². The van der Waals surface area contributed by atoms with Gasteiger partial charge in [-0.15, -0.1) is 0 Å². The smallest absolute Gasteiger partial charge is 0.316 e. The van der Waals surface area contributed by atoms with Crippen molar-refractivity contribution in [3.05, 3.63) is 54.1 Å². The van der Waals surface area contributed by atoms with Gasteiger partial charge in [0.2, 0.25) is 5.78 Å². The molecule has 0 spiro atoms. The van der Waals surface area contributed by atoms with E-state index in [1.54, 1.807) is 0 Å². The van der Waals surface area contributed by atoms with Gasteiger partial charge >= 0.3 is 5.84 Å². The molecule has 1 aliphatic rings. The minimum absolute atomic E-state index is 0.0755. The maximum absolute atomic E-state index is 13.1. The highest BCUT2D eigenvalue weighted by Crippen LogP contribution is 2.14. The van der Waals surface area contributed by atoms with Crippen LogP contribution in [0.1, 0.15) is 108 Å². The van der Waals surface area contributed by atoms with Gasteiger partial charge in [-0.3, -0.25) is 14.3 Å². The number of allylic oxidation sites excluding steroid dienone is 2. The van der Waals surface area contributed by atoms with Gasteiger partial charge in [0.05, 0.1) is 6.61 Å². The van der Waals surface area contributed by atoms with Crippen molar-refractivity contribution >= 4 is 17.7 Å². The van der Waals surface area contributed by atoms with E-state index < -0.39 is 0 Å².